The zero-order chi connectivity index (χ0) is 10.0. The second-order valence-corrected chi connectivity index (χ2v) is 4.71. The Labute approximate surface area is 86.4 Å². The van der Waals surface area contributed by atoms with Crippen LogP contribution in [0.5, 0.6) is 0 Å². The molecule has 2 saturated heterocycles. The van der Waals surface area contributed by atoms with Gasteiger partial charge in [-0.25, -0.2) is 0 Å². The van der Waals surface area contributed by atoms with Crippen molar-refractivity contribution in [1.82, 2.24) is 4.90 Å². The standard InChI is InChI=1S/C11H21NO2/c1-10(2)12-5-3-11(4-6-12)9-13-7-8-14-11/h10H,3-9H2,1-2H3. The number of nitrogens with zero attached hydrogens (tertiary/aromatic N) is 1. The van der Waals surface area contributed by atoms with E-state index >= 15 is 0 Å². The lowest BCUT2D eigenvalue weighted by atomic mass is 9.91. The fraction of sp³-hybridized carbons (Fsp3) is 1.00. The predicted octanol–water partition coefficient (Wildman–Crippen LogP) is 1.28. The Morgan fingerprint density at radius 2 is 1.86 bits per heavy atom. The van der Waals surface area contributed by atoms with E-state index in [1.807, 2.05) is 0 Å². The summed E-state index contributed by atoms with van der Waals surface area (Å²) >= 11 is 0. The smallest absolute Gasteiger partial charge is 0.0940 e. The van der Waals surface area contributed by atoms with Crippen LogP contribution in [0.25, 0.3) is 0 Å². The quantitative estimate of drug-likeness (QED) is 0.635. The molecule has 2 heterocycles. The summed E-state index contributed by atoms with van der Waals surface area (Å²) in [6, 6.07) is 0.664. The van der Waals surface area contributed by atoms with Crippen molar-refractivity contribution < 1.29 is 9.47 Å². The highest BCUT2D eigenvalue weighted by molar-refractivity contribution is 4.89. The zero-order valence-electron chi connectivity index (χ0n) is 9.29. The molecule has 0 bridgehead atoms. The third-order valence-corrected chi connectivity index (χ3v) is 3.44. The molecule has 0 aromatic heterocycles. The molecule has 2 rings (SSSR count). The second kappa shape index (κ2) is 4.17. The van der Waals surface area contributed by atoms with Gasteiger partial charge in [-0.15, -0.1) is 0 Å². The summed E-state index contributed by atoms with van der Waals surface area (Å²) in [5.41, 5.74) is 0.0592. The van der Waals surface area contributed by atoms with Crippen LogP contribution in [0, 0.1) is 0 Å². The summed E-state index contributed by atoms with van der Waals surface area (Å²) in [5, 5.41) is 0. The minimum atomic E-state index is 0.0592. The molecule has 1 spiro atoms. The number of likely N-dealkylation sites (tertiary alicyclic amines) is 1. The summed E-state index contributed by atoms with van der Waals surface area (Å²) in [5.74, 6) is 0. The van der Waals surface area contributed by atoms with Crippen molar-refractivity contribution in [2.24, 2.45) is 0 Å². The van der Waals surface area contributed by atoms with E-state index in [1.54, 1.807) is 0 Å². The maximum Gasteiger partial charge on any atom is 0.0940 e. The van der Waals surface area contributed by atoms with Gasteiger partial charge >= 0.3 is 0 Å². The van der Waals surface area contributed by atoms with Crippen molar-refractivity contribution in [3.8, 4) is 0 Å². The van der Waals surface area contributed by atoms with Gasteiger partial charge in [0.1, 0.15) is 0 Å². The Hall–Kier alpha value is -0.120. The molecule has 0 aliphatic carbocycles. The maximum absolute atomic E-state index is 5.88. The van der Waals surface area contributed by atoms with Crippen LogP contribution in [0.4, 0.5) is 0 Å². The Bertz CT molecular complexity index is 178. The Balaban J connectivity index is 1.87. The van der Waals surface area contributed by atoms with Crippen molar-refractivity contribution in [2.75, 3.05) is 32.9 Å². The molecular weight excluding hydrogens is 178 g/mol. The van der Waals surface area contributed by atoms with E-state index in [0.29, 0.717) is 6.04 Å². The van der Waals surface area contributed by atoms with Gasteiger partial charge in [0, 0.05) is 19.1 Å². The normalized spacial score (nSPS) is 28.5. The maximum atomic E-state index is 5.88. The third-order valence-electron chi connectivity index (χ3n) is 3.44. The van der Waals surface area contributed by atoms with Crippen molar-refractivity contribution in [3.05, 3.63) is 0 Å². The fourth-order valence-electron chi connectivity index (χ4n) is 2.35. The number of rotatable bonds is 1. The minimum Gasteiger partial charge on any atom is -0.376 e. The first-order chi connectivity index (χ1) is 6.72. The van der Waals surface area contributed by atoms with E-state index in [9.17, 15) is 0 Å². The highest BCUT2D eigenvalue weighted by atomic mass is 16.6. The highest BCUT2D eigenvalue weighted by Crippen LogP contribution is 2.29. The molecule has 0 aromatic rings. The van der Waals surface area contributed by atoms with E-state index in [-0.39, 0.29) is 5.60 Å². The Kier molecular flexibility index (Phi) is 3.10. The van der Waals surface area contributed by atoms with Gasteiger partial charge in [0.25, 0.3) is 0 Å². The Morgan fingerprint density at radius 3 is 2.36 bits per heavy atom. The lowest BCUT2D eigenvalue weighted by molar-refractivity contribution is -0.178. The van der Waals surface area contributed by atoms with Gasteiger partial charge in [-0.2, -0.15) is 0 Å². The van der Waals surface area contributed by atoms with Crippen LogP contribution in [-0.2, 0) is 9.47 Å². The molecule has 82 valence electrons. The first kappa shape index (κ1) is 10.4. The molecule has 0 atom stereocenters. The largest absolute Gasteiger partial charge is 0.376 e. The molecule has 3 heteroatoms. The van der Waals surface area contributed by atoms with Crippen molar-refractivity contribution in [1.29, 1.82) is 0 Å². The lowest BCUT2D eigenvalue weighted by Gasteiger charge is -2.44. The van der Waals surface area contributed by atoms with Crippen LogP contribution >= 0.6 is 0 Å². The van der Waals surface area contributed by atoms with Crippen molar-refractivity contribution in [3.63, 3.8) is 0 Å². The van der Waals surface area contributed by atoms with E-state index in [2.05, 4.69) is 18.7 Å². The van der Waals surface area contributed by atoms with Gasteiger partial charge in [0.15, 0.2) is 0 Å². The molecule has 0 radical (unpaired) electrons. The number of hydrogen-bond acceptors (Lipinski definition) is 3. The molecule has 0 aromatic carbocycles. The number of piperidine rings is 1. The van der Waals surface area contributed by atoms with Gasteiger partial charge in [-0.05, 0) is 26.7 Å². The molecule has 2 fully saturated rings. The van der Waals surface area contributed by atoms with Crippen LogP contribution < -0.4 is 0 Å². The first-order valence-electron chi connectivity index (χ1n) is 5.68. The molecule has 2 aliphatic rings. The van der Waals surface area contributed by atoms with E-state index in [4.69, 9.17) is 9.47 Å². The molecule has 2 aliphatic heterocycles. The molecule has 0 unspecified atom stereocenters. The van der Waals surface area contributed by atoms with Crippen molar-refractivity contribution >= 4 is 0 Å². The molecular formula is C11H21NO2. The van der Waals surface area contributed by atoms with Gasteiger partial charge in [-0.3, -0.25) is 0 Å². The topological polar surface area (TPSA) is 21.7 Å². The molecule has 0 amide bonds. The van der Waals surface area contributed by atoms with Crippen LogP contribution in [-0.4, -0.2) is 49.5 Å². The SMILES string of the molecule is CC(C)N1CCC2(CC1)COCCO2. The molecule has 0 N–H and O–H groups in total. The van der Waals surface area contributed by atoms with Gasteiger partial charge in [0.05, 0.1) is 25.4 Å². The Morgan fingerprint density at radius 1 is 1.14 bits per heavy atom. The summed E-state index contributed by atoms with van der Waals surface area (Å²) < 4.78 is 11.4. The van der Waals surface area contributed by atoms with Crippen LogP contribution in [0.15, 0.2) is 0 Å². The summed E-state index contributed by atoms with van der Waals surface area (Å²) in [7, 11) is 0. The number of hydrogen-bond donors (Lipinski definition) is 0. The average Bonchev–Trinajstić information content (AvgIpc) is 2.19. The van der Waals surface area contributed by atoms with Crippen LogP contribution in [0.2, 0.25) is 0 Å². The molecule has 14 heavy (non-hydrogen) atoms. The fourth-order valence-corrected chi connectivity index (χ4v) is 2.35. The van der Waals surface area contributed by atoms with Crippen LogP contribution in [0.1, 0.15) is 26.7 Å². The zero-order valence-corrected chi connectivity index (χ0v) is 9.29. The van der Waals surface area contributed by atoms with Gasteiger partial charge in [0.2, 0.25) is 0 Å². The lowest BCUT2D eigenvalue weighted by Crippen LogP contribution is -2.52. The minimum absolute atomic E-state index is 0.0592. The first-order valence-corrected chi connectivity index (χ1v) is 5.68. The second-order valence-electron chi connectivity index (χ2n) is 4.71. The summed E-state index contributed by atoms with van der Waals surface area (Å²) in [6.07, 6.45) is 2.26. The average molecular weight is 199 g/mol. The van der Waals surface area contributed by atoms with E-state index in [0.717, 1.165) is 45.8 Å². The monoisotopic (exact) mass is 199 g/mol. The van der Waals surface area contributed by atoms with Crippen molar-refractivity contribution in [2.45, 2.75) is 38.3 Å². The van der Waals surface area contributed by atoms with Crippen LogP contribution in [0.3, 0.4) is 0 Å². The van der Waals surface area contributed by atoms with Gasteiger partial charge in [-0.1, -0.05) is 0 Å². The molecule has 0 saturated carbocycles. The molecule has 3 nitrogen and oxygen atoms in total. The number of ether oxygens (including phenoxy) is 2. The van der Waals surface area contributed by atoms with E-state index < -0.39 is 0 Å². The summed E-state index contributed by atoms with van der Waals surface area (Å²) in [6.45, 7) is 9.19. The van der Waals surface area contributed by atoms with E-state index in [1.165, 1.54) is 0 Å². The summed E-state index contributed by atoms with van der Waals surface area (Å²) in [4.78, 5) is 2.52. The highest BCUT2D eigenvalue weighted by Gasteiger charge is 2.37. The van der Waals surface area contributed by atoms with Gasteiger partial charge < -0.3 is 14.4 Å². The third kappa shape index (κ3) is 2.10. The predicted molar refractivity (Wildman–Crippen MR) is 55.4 cm³/mol.